The highest BCUT2D eigenvalue weighted by molar-refractivity contribution is 14.1. The maximum atomic E-state index is 12.5. The van der Waals surface area contributed by atoms with E-state index in [4.69, 9.17) is 37.4 Å². The minimum absolute atomic E-state index is 0.0998. The molecule has 6 nitrogen and oxygen atoms in total. The molecule has 0 saturated carbocycles. The fourth-order valence-corrected chi connectivity index (χ4v) is 3.89. The summed E-state index contributed by atoms with van der Waals surface area (Å²) in [6, 6.07) is 16.7. The second-order valence-corrected chi connectivity index (χ2v) is 8.80. The Morgan fingerprint density at radius 2 is 1.82 bits per heavy atom. The summed E-state index contributed by atoms with van der Waals surface area (Å²) in [6.07, 6.45) is 1.54. The number of esters is 2. The second kappa shape index (κ2) is 9.94. The predicted molar refractivity (Wildman–Crippen MR) is 134 cm³/mol. The molecule has 3 aromatic rings. The molecule has 1 heterocycles. The minimum Gasteiger partial charge on any atom is -0.493 e. The van der Waals surface area contributed by atoms with Crippen molar-refractivity contribution in [2.75, 3.05) is 7.11 Å². The van der Waals surface area contributed by atoms with Gasteiger partial charge in [0.2, 0.25) is 5.90 Å². The van der Waals surface area contributed by atoms with Crippen LogP contribution in [0.4, 0.5) is 0 Å². The van der Waals surface area contributed by atoms with Gasteiger partial charge in [-0.05, 0) is 76.7 Å². The first-order chi connectivity index (χ1) is 15.9. The van der Waals surface area contributed by atoms with Crippen molar-refractivity contribution < 1.29 is 23.8 Å². The monoisotopic (exact) mass is 593 g/mol. The number of cyclic esters (lactones) is 1. The molecular weight excluding hydrogens is 580 g/mol. The molecule has 0 aliphatic carbocycles. The fraction of sp³-hybridized carbons (Fsp3) is 0.0417. The Balaban J connectivity index is 1.60. The molecule has 0 saturated heterocycles. The Morgan fingerprint density at radius 3 is 2.58 bits per heavy atom. The first-order valence-corrected chi connectivity index (χ1v) is 11.3. The number of rotatable bonds is 5. The number of aliphatic imine (C=N–C) groups is 1. The standard InChI is InChI=1S/C24H14Cl2INO5/c1-31-21-11-13(6-9-20(21)32-23(29)15-4-2-3-5-17(15)25)10-19-24(30)33-22(28-19)16-12-14(27)7-8-18(16)26/h2-12H,1H3/b19-10-. The third-order valence-electron chi connectivity index (χ3n) is 4.57. The third kappa shape index (κ3) is 5.21. The lowest BCUT2D eigenvalue weighted by molar-refractivity contribution is -0.129. The molecule has 0 bridgehead atoms. The van der Waals surface area contributed by atoms with Crippen LogP contribution in [0.3, 0.4) is 0 Å². The summed E-state index contributed by atoms with van der Waals surface area (Å²) < 4.78 is 17.0. The maximum Gasteiger partial charge on any atom is 0.363 e. The molecule has 1 aliphatic rings. The number of benzene rings is 3. The van der Waals surface area contributed by atoms with E-state index in [1.54, 1.807) is 60.7 Å². The number of hydrogen-bond acceptors (Lipinski definition) is 6. The Labute approximate surface area is 212 Å². The van der Waals surface area contributed by atoms with E-state index in [0.717, 1.165) is 3.57 Å². The van der Waals surface area contributed by atoms with Crippen LogP contribution in [-0.2, 0) is 9.53 Å². The van der Waals surface area contributed by atoms with Crippen molar-refractivity contribution in [3.05, 3.63) is 96.7 Å². The molecule has 9 heteroatoms. The summed E-state index contributed by atoms with van der Waals surface area (Å²) in [5.41, 5.74) is 1.45. The predicted octanol–water partition coefficient (Wildman–Crippen LogP) is 6.17. The molecule has 33 heavy (non-hydrogen) atoms. The molecule has 166 valence electrons. The van der Waals surface area contributed by atoms with Gasteiger partial charge in [0.05, 0.1) is 28.3 Å². The van der Waals surface area contributed by atoms with Gasteiger partial charge in [-0.1, -0.05) is 41.4 Å². The molecule has 1 aliphatic heterocycles. The lowest BCUT2D eigenvalue weighted by atomic mass is 10.1. The summed E-state index contributed by atoms with van der Waals surface area (Å²) in [7, 11) is 1.44. The number of nitrogens with zero attached hydrogens (tertiary/aromatic N) is 1. The molecule has 0 fully saturated rings. The van der Waals surface area contributed by atoms with E-state index < -0.39 is 11.9 Å². The summed E-state index contributed by atoms with van der Waals surface area (Å²) in [5, 5.41) is 0.707. The largest absolute Gasteiger partial charge is 0.493 e. The molecule has 0 unspecified atom stereocenters. The van der Waals surface area contributed by atoms with Gasteiger partial charge >= 0.3 is 11.9 Å². The molecule has 0 N–H and O–H groups in total. The molecule has 0 atom stereocenters. The van der Waals surface area contributed by atoms with E-state index in [0.29, 0.717) is 21.9 Å². The highest BCUT2D eigenvalue weighted by atomic mass is 127. The quantitative estimate of drug-likeness (QED) is 0.153. The van der Waals surface area contributed by atoms with Crippen molar-refractivity contribution in [3.63, 3.8) is 0 Å². The second-order valence-electron chi connectivity index (χ2n) is 6.74. The molecular formula is C24H14Cl2INO5. The number of methoxy groups -OCH3 is 1. The first kappa shape index (κ1) is 23.3. The third-order valence-corrected chi connectivity index (χ3v) is 5.90. The van der Waals surface area contributed by atoms with Gasteiger partial charge in [-0.15, -0.1) is 0 Å². The zero-order valence-corrected chi connectivity index (χ0v) is 20.6. The van der Waals surface area contributed by atoms with Crippen molar-refractivity contribution in [2.45, 2.75) is 0 Å². The van der Waals surface area contributed by atoms with E-state index in [1.807, 2.05) is 6.07 Å². The molecule has 3 aromatic carbocycles. The van der Waals surface area contributed by atoms with Gasteiger partial charge in [-0.3, -0.25) is 0 Å². The van der Waals surface area contributed by atoms with Crippen LogP contribution in [0.15, 0.2) is 71.4 Å². The lowest BCUT2D eigenvalue weighted by Crippen LogP contribution is -2.09. The van der Waals surface area contributed by atoms with Gasteiger partial charge in [-0.2, -0.15) is 0 Å². The summed E-state index contributed by atoms with van der Waals surface area (Å²) in [4.78, 5) is 29.1. The van der Waals surface area contributed by atoms with E-state index in [1.165, 1.54) is 7.11 Å². The summed E-state index contributed by atoms with van der Waals surface area (Å²) in [6.45, 7) is 0. The van der Waals surface area contributed by atoms with E-state index in [-0.39, 0.29) is 27.9 Å². The average Bonchev–Trinajstić information content (AvgIpc) is 3.16. The van der Waals surface area contributed by atoms with Crippen molar-refractivity contribution in [1.29, 1.82) is 0 Å². The van der Waals surface area contributed by atoms with Crippen molar-refractivity contribution in [1.82, 2.24) is 0 Å². The number of ether oxygens (including phenoxy) is 3. The molecule has 0 radical (unpaired) electrons. The van der Waals surface area contributed by atoms with Crippen LogP contribution in [0.2, 0.25) is 10.0 Å². The zero-order valence-electron chi connectivity index (χ0n) is 17.0. The van der Waals surface area contributed by atoms with Crippen LogP contribution in [0.25, 0.3) is 6.08 Å². The van der Waals surface area contributed by atoms with Crippen LogP contribution >= 0.6 is 45.8 Å². The van der Waals surface area contributed by atoms with Crippen molar-refractivity contribution in [3.8, 4) is 11.5 Å². The van der Waals surface area contributed by atoms with Gasteiger partial charge < -0.3 is 14.2 Å². The summed E-state index contributed by atoms with van der Waals surface area (Å²) >= 11 is 14.4. The highest BCUT2D eigenvalue weighted by Crippen LogP contribution is 2.31. The fourth-order valence-electron chi connectivity index (χ4n) is 2.98. The topological polar surface area (TPSA) is 74.2 Å². The van der Waals surface area contributed by atoms with E-state index >= 15 is 0 Å². The lowest BCUT2D eigenvalue weighted by Gasteiger charge is -2.10. The number of hydrogen-bond donors (Lipinski definition) is 0. The zero-order chi connectivity index (χ0) is 23.5. The number of halogens is 3. The van der Waals surface area contributed by atoms with Crippen molar-refractivity contribution >= 4 is 69.7 Å². The normalized spacial score (nSPS) is 14.1. The molecule has 0 aromatic heterocycles. The van der Waals surface area contributed by atoms with Crippen LogP contribution < -0.4 is 9.47 Å². The van der Waals surface area contributed by atoms with E-state index in [2.05, 4.69) is 27.6 Å². The van der Waals surface area contributed by atoms with Gasteiger partial charge in [0.15, 0.2) is 17.2 Å². The van der Waals surface area contributed by atoms with Crippen LogP contribution in [0, 0.1) is 3.57 Å². The van der Waals surface area contributed by atoms with Gasteiger partial charge in [0.25, 0.3) is 0 Å². The van der Waals surface area contributed by atoms with Crippen molar-refractivity contribution in [2.24, 2.45) is 4.99 Å². The highest BCUT2D eigenvalue weighted by Gasteiger charge is 2.26. The van der Waals surface area contributed by atoms with Crippen LogP contribution in [0.1, 0.15) is 21.5 Å². The Hall–Kier alpha value is -2.88. The Kier molecular flexibility index (Phi) is 7.02. The number of carbonyl (C=O) groups is 2. The van der Waals surface area contributed by atoms with E-state index in [9.17, 15) is 9.59 Å². The molecule has 0 amide bonds. The molecule has 0 spiro atoms. The van der Waals surface area contributed by atoms with Gasteiger partial charge in [0.1, 0.15) is 0 Å². The van der Waals surface area contributed by atoms with Gasteiger partial charge in [0, 0.05) is 3.57 Å². The SMILES string of the molecule is COc1cc(/C=C2\N=C(c3cc(I)ccc3Cl)OC2=O)ccc1OC(=O)c1ccccc1Cl. The Morgan fingerprint density at radius 1 is 1.03 bits per heavy atom. The average molecular weight is 594 g/mol. The molecule has 4 rings (SSSR count). The first-order valence-electron chi connectivity index (χ1n) is 9.48. The Bertz CT molecular complexity index is 1340. The van der Waals surface area contributed by atoms with Crippen LogP contribution in [0.5, 0.6) is 11.5 Å². The minimum atomic E-state index is -0.618. The van der Waals surface area contributed by atoms with Gasteiger partial charge in [-0.25, -0.2) is 14.6 Å². The number of carbonyl (C=O) groups excluding carboxylic acids is 2. The maximum absolute atomic E-state index is 12.5. The summed E-state index contributed by atoms with van der Waals surface area (Å²) in [5.74, 6) is -0.595. The van der Waals surface area contributed by atoms with Crippen LogP contribution in [-0.4, -0.2) is 24.9 Å². The smallest absolute Gasteiger partial charge is 0.363 e.